The van der Waals surface area contributed by atoms with Gasteiger partial charge >= 0.3 is 11.9 Å². The number of ether oxygens (including phenoxy) is 1. The van der Waals surface area contributed by atoms with Crippen LogP contribution >= 0.6 is 0 Å². The molecule has 3 heteroatoms. The smallest absolute Gasteiger partial charge is 0.342 e. The highest BCUT2D eigenvalue weighted by Gasteiger charge is 2.28. The van der Waals surface area contributed by atoms with Crippen LogP contribution in [0.2, 0.25) is 0 Å². The molecule has 3 nitrogen and oxygen atoms in total. The molecule has 20 heavy (non-hydrogen) atoms. The van der Waals surface area contributed by atoms with Crippen molar-refractivity contribution in [2.24, 2.45) is 0 Å². The molecule has 0 radical (unpaired) electrons. The number of cyclic esters (lactones) is 2. The highest BCUT2D eigenvalue weighted by molar-refractivity contribution is 6.11. The van der Waals surface area contributed by atoms with E-state index in [0.29, 0.717) is 17.6 Å². The van der Waals surface area contributed by atoms with Crippen molar-refractivity contribution in [2.75, 3.05) is 0 Å². The van der Waals surface area contributed by atoms with E-state index in [1.807, 2.05) is 0 Å². The maximum atomic E-state index is 11.4. The summed E-state index contributed by atoms with van der Waals surface area (Å²) in [6.07, 6.45) is 13.4. The van der Waals surface area contributed by atoms with Gasteiger partial charge in [-0.25, -0.2) is 9.59 Å². The van der Waals surface area contributed by atoms with Crippen LogP contribution in [0, 0.1) is 0 Å². The van der Waals surface area contributed by atoms with Crippen LogP contribution in [-0.4, -0.2) is 11.9 Å². The second-order valence-electron chi connectivity index (χ2n) is 5.71. The van der Waals surface area contributed by atoms with E-state index in [9.17, 15) is 9.59 Å². The molecule has 0 spiro atoms. The van der Waals surface area contributed by atoms with E-state index >= 15 is 0 Å². The van der Waals surface area contributed by atoms with Gasteiger partial charge in [-0.05, 0) is 19.8 Å². The molecule has 0 aromatic carbocycles. The van der Waals surface area contributed by atoms with Crippen LogP contribution in [0.15, 0.2) is 11.1 Å². The molecule has 0 aromatic heterocycles. The summed E-state index contributed by atoms with van der Waals surface area (Å²) < 4.78 is 4.58. The first-order chi connectivity index (χ1) is 9.66. The lowest BCUT2D eigenvalue weighted by molar-refractivity contribution is -0.151. The third kappa shape index (κ3) is 5.89. The predicted octanol–water partition coefficient (Wildman–Crippen LogP) is 4.70. The third-order valence-corrected chi connectivity index (χ3v) is 3.97. The van der Waals surface area contributed by atoms with Crippen molar-refractivity contribution in [1.29, 1.82) is 0 Å². The summed E-state index contributed by atoms with van der Waals surface area (Å²) in [6.45, 7) is 3.92. The normalized spacial score (nSPS) is 15.1. The minimum atomic E-state index is -0.461. The molecule has 0 fully saturated rings. The second kappa shape index (κ2) is 9.73. The Hall–Kier alpha value is -1.12. The van der Waals surface area contributed by atoms with E-state index in [-0.39, 0.29) is 0 Å². The summed E-state index contributed by atoms with van der Waals surface area (Å²) in [7, 11) is 0. The Balaban J connectivity index is 1.98. The van der Waals surface area contributed by atoms with Gasteiger partial charge in [0.05, 0.1) is 0 Å². The maximum absolute atomic E-state index is 11.4. The standard InChI is InChI=1S/C17H28O3/c1-3-4-5-6-7-8-9-10-11-12-13-15-14(2)16(18)20-17(15)19/h3-13H2,1-2H3. The van der Waals surface area contributed by atoms with Crippen molar-refractivity contribution in [3.63, 3.8) is 0 Å². The Bertz CT molecular complexity index is 355. The molecule has 0 saturated heterocycles. The Kier molecular flexibility index (Phi) is 8.24. The molecule has 0 bridgehead atoms. The van der Waals surface area contributed by atoms with Crippen LogP contribution in [-0.2, 0) is 14.3 Å². The molecule has 1 aliphatic heterocycles. The Morgan fingerprint density at radius 3 is 1.70 bits per heavy atom. The Morgan fingerprint density at radius 1 is 0.750 bits per heavy atom. The van der Waals surface area contributed by atoms with Crippen LogP contribution in [0.1, 0.15) is 84.5 Å². The lowest BCUT2D eigenvalue weighted by Crippen LogP contribution is -2.01. The van der Waals surface area contributed by atoms with Crippen LogP contribution in [0.3, 0.4) is 0 Å². The van der Waals surface area contributed by atoms with Gasteiger partial charge in [-0.2, -0.15) is 0 Å². The molecule has 0 unspecified atom stereocenters. The monoisotopic (exact) mass is 280 g/mol. The van der Waals surface area contributed by atoms with Crippen molar-refractivity contribution < 1.29 is 14.3 Å². The first-order valence-electron chi connectivity index (χ1n) is 8.13. The molecule has 0 saturated carbocycles. The SMILES string of the molecule is CCCCCCCCCCCCC1=C(C)C(=O)OC1=O. The van der Waals surface area contributed by atoms with Gasteiger partial charge in [0.2, 0.25) is 0 Å². The van der Waals surface area contributed by atoms with Gasteiger partial charge in [-0.3, -0.25) is 0 Å². The van der Waals surface area contributed by atoms with Gasteiger partial charge in [0.15, 0.2) is 0 Å². The van der Waals surface area contributed by atoms with Crippen LogP contribution in [0.25, 0.3) is 0 Å². The molecule has 1 rings (SSSR count). The zero-order chi connectivity index (χ0) is 14.8. The fraction of sp³-hybridized carbons (Fsp3) is 0.765. The molecule has 0 aliphatic carbocycles. The van der Waals surface area contributed by atoms with Crippen LogP contribution in [0.5, 0.6) is 0 Å². The van der Waals surface area contributed by atoms with Crippen molar-refractivity contribution in [2.45, 2.75) is 84.5 Å². The predicted molar refractivity (Wildman–Crippen MR) is 80.3 cm³/mol. The quantitative estimate of drug-likeness (QED) is 0.313. The summed E-state index contributed by atoms with van der Waals surface area (Å²) in [6, 6.07) is 0. The molecular weight excluding hydrogens is 252 g/mol. The first kappa shape index (κ1) is 16.9. The minimum Gasteiger partial charge on any atom is -0.386 e. The summed E-state index contributed by atoms with van der Waals surface area (Å²) >= 11 is 0. The molecule has 114 valence electrons. The fourth-order valence-corrected chi connectivity index (χ4v) is 2.58. The highest BCUT2D eigenvalue weighted by atomic mass is 16.6. The summed E-state index contributed by atoms with van der Waals surface area (Å²) in [5.41, 5.74) is 1.10. The van der Waals surface area contributed by atoms with Crippen molar-refractivity contribution >= 4 is 11.9 Å². The van der Waals surface area contributed by atoms with Gasteiger partial charge in [0.1, 0.15) is 0 Å². The van der Waals surface area contributed by atoms with E-state index < -0.39 is 11.9 Å². The Labute approximate surface area is 122 Å². The average Bonchev–Trinajstić information content (AvgIpc) is 2.67. The topological polar surface area (TPSA) is 43.4 Å². The number of carbonyl (C=O) groups is 2. The highest BCUT2D eigenvalue weighted by Crippen LogP contribution is 2.22. The van der Waals surface area contributed by atoms with Crippen molar-refractivity contribution in [3.8, 4) is 0 Å². The molecule has 0 N–H and O–H groups in total. The fourth-order valence-electron chi connectivity index (χ4n) is 2.58. The van der Waals surface area contributed by atoms with Gasteiger partial charge in [0.25, 0.3) is 0 Å². The molecule has 0 amide bonds. The number of hydrogen-bond donors (Lipinski definition) is 0. The van der Waals surface area contributed by atoms with Gasteiger partial charge in [-0.15, -0.1) is 0 Å². The van der Waals surface area contributed by atoms with Gasteiger partial charge in [0, 0.05) is 11.1 Å². The number of carbonyl (C=O) groups excluding carboxylic acids is 2. The van der Waals surface area contributed by atoms with E-state index in [1.54, 1.807) is 6.92 Å². The molecule has 0 atom stereocenters. The zero-order valence-electron chi connectivity index (χ0n) is 13.0. The van der Waals surface area contributed by atoms with E-state index in [2.05, 4.69) is 11.7 Å². The molecule has 1 aliphatic rings. The number of rotatable bonds is 11. The Morgan fingerprint density at radius 2 is 1.25 bits per heavy atom. The largest absolute Gasteiger partial charge is 0.386 e. The number of esters is 2. The van der Waals surface area contributed by atoms with Crippen LogP contribution < -0.4 is 0 Å². The van der Waals surface area contributed by atoms with E-state index in [0.717, 1.165) is 12.8 Å². The summed E-state index contributed by atoms with van der Waals surface area (Å²) in [5.74, 6) is -0.888. The van der Waals surface area contributed by atoms with Gasteiger partial charge < -0.3 is 4.74 Å². The summed E-state index contributed by atoms with van der Waals surface area (Å²) in [4.78, 5) is 22.6. The van der Waals surface area contributed by atoms with E-state index in [1.165, 1.54) is 51.4 Å². The maximum Gasteiger partial charge on any atom is 0.342 e. The minimum absolute atomic E-state index is 0.427. The van der Waals surface area contributed by atoms with Crippen LogP contribution in [0.4, 0.5) is 0 Å². The lowest BCUT2D eigenvalue weighted by Gasteiger charge is -2.02. The zero-order valence-corrected chi connectivity index (χ0v) is 13.0. The third-order valence-electron chi connectivity index (χ3n) is 3.97. The summed E-state index contributed by atoms with van der Waals surface area (Å²) in [5, 5.41) is 0. The van der Waals surface area contributed by atoms with Crippen molar-refractivity contribution in [1.82, 2.24) is 0 Å². The average molecular weight is 280 g/mol. The van der Waals surface area contributed by atoms with E-state index in [4.69, 9.17) is 0 Å². The van der Waals surface area contributed by atoms with Crippen molar-refractivity contribution in [3.05, 3.63) is 11.1 Å². The molecule has 1 heterocycles. The first-order valence-corrected chi connectivity index (χ1v) is 8.13. The second-order valence-corrected chi connectivity index (χ2v) is 5.71. The van der Waals surface area contributed by atoms with Gasteiger partial charge in [-0.1, -0.05) is 64.7 Å². The number of hydrogen-bond acceptors (Lipinski definition) is 3. The molecular formula is C17H28O3. The lowest BCUT2D eigenvalue weighted by atomic mass is 10.0. The number of unbranched alkanes of at least 4 members (excludes halogenated alkanes) is 9. The molecule has 0 aromatic rings.